The first kappa shape index (κ1) is 12.3. The van der Waals surface area contributed by atoms with Crippen molar-refractivity contribution < 1.29 is 9.52 Å². The van der Waals surface area contributed by atoms with Gasteiger partial charge in [0.05, 0.1) is 0 Å². The van der Waals surface area contributed by atoms with Gasteiger partial charge >= 0.3 is 5.63 Å². The number of amidine groups is 1. The predicted octanol–water partition coefficient (Wildman–Crippen LogP) is 0.920. The molecule has 2 aromatic rings. The molecule has 0 radical (unpaired) electrons. The van der Waals surface area contributed by atoms with E-state index in [1.54, 1.807) is 6.07 Å². The molecule has 0 aliphatic carbocycles. The fraction of sp³-hybridized carbons (Fsp3) is 0.0909. The molecule has 0 aliphatic heterocycles. The fourth-order valence-corrected chi connectivity index (χ4v) is 2.14. The molecule has 6 nitrogen and oxygen atoms in total. The molecule has 18 heavy (non-hydrogen) atoms. The van der Waals surface area contributed by atoms with E-state index in [0.29, 0.717) is 11.3 Å². The smallest absolute Gasteiger partial charge is 0.336 e. The average molecular weight is 265 g/mol. The van der Waals surface area contributed by atoms with E-state index in [-0.39, 0.29) is 10.9 Å². The predicted molar refractivity (Wildman–Crippen MR) is 71.3 cm³/mol. The van der Waals surface area contributed by atoms with Crippen LogP contribution in [0.3, 0.4) is 0 Å². The molecule has 0 bridgehead atoms. The Kier molecular flexibility index (Phi) is 3.42. The van der Waals surface area contributed by atoms with E-state index in [4.69, 9.17) is 16.0 Å². The first-order valence-corrected chi connectivity index (χ1v) is 6.00. The van der Waals surface area contributed by atoms with Gasteiger partial charge < -0.3 is 21.1 Å². The van der Waals surface area contributed by atoms with Gasteiger partial charge in [-0.1, -0.05) is 11.8 Å². The molecule has 0 spiro atoms. The number of nitrogens with two attached hydrogens (primary N) is 2. The highest BCUT2D eigenvalue weighted by Gasteiger charge is 2.07. The lowest BCUT2D eigenvalue weighted by Crippen LogP contribution is -2.10. The van der Waals surface area contributed by atoms with Crippen molar-refractivity contribution in [3.8, 4) is 5.75 Å². The molecule has 0 unspecified atom stereocenters. The summed E-state index contributed by atoms with van der Waals surface area (Å²) in [5.74, 6) is 5.51. The number of thioether (sulfide) groups is 1. The molecule has 0 fully saturated rings. The second-order valence-corrected chi connectivity index (χ2v) is 4.52. The summed E-state index contributed by atoms with van der Waals surface area (Å²) >= 11 is 1.22. The zero-order valence-electron chi connectivity index (χ0n) is 9.29. The lowest BCUT2D eigenvalue weighted by Gasteiger charge is -2.04. The minimum absolute atomic E-state index is 0.0403. The number of phenols is 1. The summed E-state index contributed by atoms with van der Waals surface area (Å²) in [6.45, 7) is 0. The van der Waals surface area contributed by atoms with E-state index in [1.807, 2.05) is 0 Å². The van der Waals surface area contributed by atoms with Crippen molar-refractivity contribution in [3.63, 3.8) is 0 Å². The Morgan fingerprint density at radius 1 is 1.44 bits per heavy atom. The Morgan fingerprint density at radius 3 is 2.94 bits per heavy atom. The number of hydrogen-bond acceptors (Lipinski definition) is 6. The summed E-state index contributed by atoms with van der Waals surface area (Å²) in [6, 6.07) is 5.98. The van der Waals surface area contributed by atoms with Crippen molar-refractivity contribution in [3.05, 3.63) is 40.2 Å². The van der Waals surface area contributed by atoms with E-state index < -0.39 is 5.63 Å². The van der Waals surface area contributed by atoms with Crippen LogP contribution in [-0.2, 0) is 5.75 Å². The van der Waals surface area contributed by atoms with E-state index in [0.717, 1.165) is 10.9 Å². The number of rotatable bonds is 2. The highest BCUT2D eigenvalue weighted by molar-refractivity contribution is 8.13. The highest BCUT2D eigenvalue weighted by Crippen LogP contribution is 2.24. The summed E-state index contributed by atoms with van der Waals surface area (Å²) in [5.41, 5.74) is 6.08. The van der Waals surface area contributed by atoms with E-state index in [1.165, 1.54) is 30.0 Å². The minimum Gasteiger partial charge on any atom is -0.508 e. The van der Waals surface area contributed by atoms with Gasteiger partial charge in [0, 0.05) is 23.3 Å². The van der Waals surface area contributed by atoms with Crippen molar-refractivity contribution in [1.29, 1.82) is 0 Å². The van der Waals surface area contributed by atoms with Crippen LogP contribution < -0.4 is 17.2 Å². The number of phenolic OH excluding ortho intramolecular Hbond substituents is 1. The largest absolute Gasteiger partial charge is 0.508 e. The molecule has 1 aromatic heterocycles. The maximum Gasteiger partial charge on any atom is 0.336 e. The Bertz CT molecular complexity index is 666. The Labute approximate surface area is 106 Å². The molecular weight excluding hydrogens is 254 g/mol. The van der Waals surface area contributed by atoms with Crippen LogP contribution in [0.25, 0.3) is 11.0 Å². The normalized spacial score (nSPS) is 11.9. The zero-order chi connectivity index (χ0) is 13.1. The van der Waals surface area contributed by atoms with Gasteiger partial charge in [-0.3, -0.25) is 0 Å². The topological polar surface area (TPSA) is 115 Å². The summed E-state index contributed by atoms with van der Waals surface area (Å²) in [5, 5.41) is 13.7. The van der Waals surface area contributed by atoms with Crippen LogP contribution in [0.1, 0.15) is 5.56 Å². The summed E-state index contributed by atoms with van der Waals surface area (Å²) in [6.07, 6.45) is 0. The summed E-state index contributed by atoms with van der Waals surface area (Å²) < 4.78 is 5.01. The van der Waals surface area contributed by atoms with Crippen LogP contribution >= 0.6 is 11.8 Å². The summed E-state index contributed by atoms with van der Waals surface area (Å²) in [4.78, 5) is 11.4. The number of aromatic hydroxyl groups is 1. The zero-order valence-corrected chi connectivity index (χ0v) is 10.1. The molecule has 0 aliphatic rings. The van der Waals surface area contributed by atoms with Crippen molar-refractivity contribution in [2.24, 2.45) is 16.7 Å². The van der Waals surface area contributed by atoms with Gasteiger partial charge in [0.2, 0.25) is 0 Å². The average Bonchev–Trinajstić information content (AvgIpc) is 2.34. The lowest BCUT2D eigenvalue weighted by atomic mass is 10.1. The standard InChI is InChI=1S/C11H11N3O3S/c12-11(14-13)18-5-6-3-10(16)17-9-4-7(15)1-2-8(6)9/h1-4,15H,5,13H2,(H2,12,14). The first-order chi connectivity index (χ1) is 8.60. The molecule has 2 rings (SSSR count). The third kappa shape index (κ3) is 2.57. The lowest BCUT2D eigenvalue weighted by molar-refractivity contribution is 0.473. The molecular formula is C11H11N3O3S. The molecule has 5 N–H and O–H groups in total. The van der Waals surface area contributed by atoms with Crippen LogP contribution in [0.15, 0.2) is 38.6 Å². The quantitative estimate of drug-likeness (QED) is 0.244. The van der Waals surface area contributed by atoms with Gasteiger partial charge in [-0.05, 0) is 17.7 Å². The maximum absolute atomic E-state index is 11.4. The van der Waals surface area contributed by atoms with Crippen LogP contribution in [0.4, 0.5) is 0 Å². The Morgan fingerprint density at radius 2 is 2.22 bits per heavy atom. The molecule has 0 amide bonds. The first-order valence-electron chi connectivity index (χ1n) is 5.02. The van der Waals surface area contributed by atoms with Gasteiger partial charge in [0.25, 0.3) is 0 Å². The van der Waals surface area contributed by atoms with Crippen molar-refractivity contribution in [2.45, 2.75) is 5.75 Å². The number of fused-ring (bicyclic) bond motifs is 1. The molecule has 0 saturated carbocycles. The van der Waals surface area contributed by atoms with E-state index in [9.17, 15) is 9.90 Å². The van der Waals surface area contributed by atoms with Gasteiger partial charge in [0.1, 0.15) is 11.3 Å². The second-order valence-electron chi connectivity index (χ2n) is 3.53. The third-order valence-corrected chi connectivity index (χ3v) is 3.17. The van der Waals surface area contributed by atoms with Gasteiger partial charge in [-0.25, -0.2) is 4.79 Å². The number of hydrazone groups is 1. The number of benzene rings is 1. The van der Waals surface area contributed by atoms with Gasteiger partial charge in [-0.15, -0.1) is 0 Å². The van der Waals surface area contributed by atoms with Crippen LogP contribution in [0.5, 0.6) is 5.75 Å². The molecule has 7 heteroatoms. The van der Waals surface area contributed by atoms with Gasteiger partial charge in [0.15, 0.2) is 5.17 Å². The summed E-state index contributed by atoms with van der Waals surface area (Å²) in [7, 11) is 0. The van der Waals surface area contributed by atoms with Crippen LogP contribution in [-0.4, -0.2) is 10.3 Å². The fourth-order valence-electron chi connectivity index (χ4n) is 1.53. The van der Waals surface area contributed by atoms with Gasteiger partial charge in [-0.2, -0.15) is 5.10 Å². The van der Waals surface area contributed by atoms with E-state index in [2.05, 4.69) is 5.10 Å². The molecule has 0 atom stereocenters. The SMILES string of the molecule is NN=C(N)SCc1cc(=O)oc2cc(O)ccc12. The van der Waals surface area contributed by atoms with Crippen molar-refractivity contribution >= 4 is 27.9 Å². The monoisotopic (exact) mass is 265 g/mol. The van der Waals surface area contributed by atoms with Crippen molar-refractivity contribution in [2.75, 3.05) is 0 Å². The minimum atomic E-state index is -0.480. The van der Waals surface area contributed by atoms with Crippen LogP contribution in [0.2, 0.25) is 0 Å². The second kappa shape index (κ2) is 5.01. The van der Waals surface area contributed by atoms with E-state index >= 15 is 0 Å². The maximum atomic E-state index is 11.4. The Hall–Kier alpha value is -2.15. The van der Waals surface area contributed by atoms with Crippen LogP contribution in [0, 0.1) is 0 Å². The molecule has 1 aromatic carbocycles. The third-order valence-electron chi connectivity index (χ3n) is 2.32. The number of hydrogen-bond donors (Lipinski definition) is 3. The highest BCUT2D eigenvalue weighted by atomic mass is 32.2. The van der Waals surface area contributed by atoms with Crippen molar-refractivity contribution in [1.82, 2.24) is 0 Å². The molecule has 94 valence electrons. The Balaban J connectivity index is 2.46. The molecule has 1 heterocycles. The number of nitrogens with zero attached hydrogens (tertiary/aromatic N) is 1. The molecule has 0 saturated heterocycles.